The van der Waals surface area contributed by atoms with Crippen LogP contribution in [0.2, 0.25) is 5.02 Å². The summed E-state index contributed by atoms with van der Waals surface area (Å²) in [5.41, 5.74) is 0.409. The zero-order chi connectivity index (χ0) is 14.4. The molecule has 6 heteroatoms. The summed E-state index contributed by atoms with van der Waals surface area (Å²) in [5, 5.41) is 15.0. The largest absolute Gasteiger partial charge is 0.387 e. The number of aliphatic hydroxyl groups is 1. The van der Waals surface area contributed by atoms with Crippen molar-refractivity contribution in [1.82, 2.24) is 15.0 Å². The van der Waals surface area contributed by atoms with Crippen molar-refractivity contribution >= 4 is 11.6 Å². The van der Waals surface area contributed by atoms with Crippen molar-refractivity contribution < 1.29 is 9.63 Å². The zero-order valence-electron chi connectivity index (χ0n) is 11.5. The van der Waals surface area contributed by atoms with Crippen LogP contribution in [-0.4, -0.2) is 38.8 Å². The molecule has 5 nitrogen and oxygen atoms in total. The van der Waals surface area contributed by atoms with Gasteiger partial charge in [0.2, 0.25) is 11.7 Å². The highest BCUT2D eigenvalue weighted by atomic mass is 35.5. The molecule has 2 aromatic rings. The predicted molar refractivity (Wildman–Crippen MR) is 77.7 cm³/mol. The van der Waals surface area contributed by atoms with Crippen LogP contribution < -0.4 is 0 Å². The number of halogens is 1. The number of likely N-dealkylation sites (tertiary alicyclic amines) is 1. The van der Waals surface area contributed by atoms with Gasteiger partial charge in [0.15, 0.2) is 0 Å². The number of hydrogen-bond acceptors (Lipinski definition) is 5. The molecule has 1 aromatic carbocycles. The molecule has 21 heavy (non-hydrogen) atoms. The number of aromatic nitrogens is 2. The van der Waals surface area contributed by atoms with E-state index >= 15 is 0 Å². The van der Waals surface area contributed by atoms with Crippen LogP contribution in [0, 0.1) is 5.92 Å². The van der Waals surface area contributed by atoms with Gasteiger partial charge in [-0.25, -0.2) is 0 Å². The Bertz CT molecular complexity index is 645. The predicted octanol–water partition coefficient (Wildman–Crippen LogP) is 2.35. The Balaban J connectivity index is 1.40. The van der Waals surface area contributed by atoms with E-state index in [-0.39, 0.29) is 0 Å². The van der Waals surface area contributed by atoms with E-state index in [1.807, 2.05) is 12.1 Å². The third-order valence-corrected chi connectivity index (χ3v) is 4.51. The van der Waals surface area contributed by atoms with E-state index in [1.165, 1.54) is 0 Å². The highest BCUT2D eigenvalue weighted by Crippen LogP contribution is 2.44. The summed E-state index contributed by atoms with van der Waals surface area (Å²) in [4.78, 5) is 6.53. The van der Waals surface area contributed by atoms with Crippen LogP contribution in [0.3, 0.4) is 0 Å². The van der Waals surface area contributed by atoms with Crippen LogP contribution in [0.5, 0.6) is 0 Å². The van der Waals surface area contributed by atoms with Gasteiger partial charge >= 0.3 is 0 Å². The molecule has 1 aromatic heterocycles. The van der Waals surface area contributed by atoms with Crippen molar-refractivity contribution in [3.63, 3.8) is 0 Å². The van der Waals surface area contributed by atoms with Gasteiger partial charge in [0, 0.05) is 23.7 Å². The molecule has 1 N–H and O–H groups in total. The first-order chi connectivity index (χ1) is 10.1. The number of rotatable bonds is 4. The van der Waals surface area contributed by atoms with E-state index in [1.54, 1.807) is 12.1 Å². The third kappa shape index (κ3) is 2.57. The summed E-state index contributed by atoms with van der Waals surface area (Å²) < 4.78 is 5.28. The molecule has 110 valence electrons. The Kier molecular flexibility index (Phi) is 3.03. The summed E-state index contributed by atoms with van der Waals surface area (Å²) in [6.07, 6.45) is 2.32. The molecule has 0 unspecified atom stereocenters. The average Bonchev–Trinajstić information content (AvgIpc) is 3.19. The van der Waals surface area contributed by atoms with Gasteiger partial charge < -0.3 is 9.63 Å². The molecule has 0 bridgehead atoms. The number of benzene rings is 1. The van der Waals surface area contributed by atoms with Crippen molar-refractivity contribution in [2.75, 3.05) is 13.1 Å². The minimum Gasteiger partial charge on any atom is -0.387 e. The SMILES string of the molecule is OC1(C2CC2)CN(Cc2nc(-c3ccc(Cl)cc3)no2)C1. The van der Waals surface area contributed by atoms with E-state index in [9.17, 15) is 5.11 Å². The Labute approximate surface area is 127 Å². The molecule has 0 spiro atoms. The lowest BCUT2D eigenvalue weighted by atomic mass is 9.89. The Hall–Kier alpha value is -1.43. The normalized spacial score (nSPS) is 21.2. The summed E-state index contributed by atoms with van der Waals surface area (Å²) in [5.74, 6) is 1.65. The lowest BCUT2D eigenvalue weighted by molar-refractivity contribution is -0.119. The molecule has 1 saturated heterocycles. The second kappa shape index (κ2) is 4.80. The standard InChI is InChI=1S/C15H16ClN3O2/c16-12-5-1-10(2-6-12)14-17-13(21-18-14)7-19-8-15(20,9-19)11-3-4-11/h1-2,5-6,11,20H,3-4,7-9H2. The third-order valence-electron chi connectivity index (χ3n) is 4.26. The Morgan fingerprint density at radius 1 is 1.29 bits per heavy atom. The fourth-order valence-electron chi connectivity index (χ4n) is 2.95. The maximum Gasteiger partial charge on any atom is 0.241 e. The second-order valence-electron chi connectivity index (χ2n) is 6.04. The summed E-state index contributed by atoms with van der Waals surface area (Å²) in [6, 6.07) is 7.34. The van der Waals surface area contributed by atoms with Gasteiger partial charge in [0.05, 0.1) is 12.1 Å². The minimum atomic E-state index is -0.473. The van der Waals surface area contributed by atoms with E-state index < -0.39 is 5.60 Å². The molecule has 2 fully saturated rings. The van der Waals surface area contributed by atoms with Crippen LogP contribution in [0.1, 0.15) is 18.7 Å². The lowest BCUT2D eigenvalue weighted by Crippen LogP contribution is -2.62. The number of hydrogen-bond donors (Lipinski definition) is 1. The average molecular weight is 306 g/mol. The van der Waals surface area contributed by atoms with Gasteiger partial charge in [-0.2, -0.15) is 4.98 Å². The first-order valence-corrected chi connectivity index (χ1v) is 7.53. The van der Waals surface area contributed by atoms with Crippen LogP contribution in [0.25, 0.3) is 11.4 Å². The maximum atomic E-state index is 10.3. The summed E-state index contributed by atoms with van der Waals surface area (Å²) in [6.45, 7) is 2.00. The van der Waals surface area contributed by atoms with Crippen molar-refractivity contribution in [3.05, 3.63) is 35.2 Å². The van der Waals surface area contributed by atoms with Crippen molar-refractivity contribution in [3.8, 4) is 11.4 Å². The monoisotopic (exact) mass is 305 g/mol. The smallest absolute Gasteiger partial charge is 0.241 e. The van der Waals surface area contributed by atoms with Crippen LogP contribution >= 0.6 is 11.6 Å². The highest BCUT2D eigenvalue weighted by molar-refractivity contribution is 6.30. The van der Waals surface area contributed by atoms with Crippen molar-refractivity contribution in [2.45, 2.75) is 25.0 Å². The molecule has 1 saturated carbocycles. The summed E-state index contributed by atoms with van der Waals surface area (Å²) in [7, 11) is 0. The number of nitrogens with zero attached hydrogens (tertiary/aromatic N) is 3. The van der Waals surface area contributed by atoms with Gasteiger partial charge in [-0.05, 0) is 43.0 Å². The van der Waals surface area contributed by atoms with E-state index in [4.69, 9.17) is 16.1 Å². The summed E-state index contributed by atoms with van der Waals surface area (Å²) >= 11 is 5.86. The first-order valence-electron chi connectivity index (χ1n) is 7.16. The molecular weight excluding hydrogens is 290 g/mol. The van der Waals surface area contributed by atoms with Gasteiger partial charge in [0.25, 0.3) is 0 Å². The van der Waals surface area contributed by atoms with Crippen LogP contribution in [0.4, 0.5) is 0 Å². The van der Waals surface area contributed by atoms with Gasteiger partial charge in [-0.1, -0.05) is 16.8 Å². The van der Waals surface area contributed by atoms with Gasteiger partial charge in [-0.15, -0.1) is 0 Å². The number of β-amino-alcohol motifs (C(OH)–C–C–N with tert-alkyl or cyclic N) is 1. The minimum absolute atomic E-state index is 0.473. The molecule has 0 amide bonds. The van der Waals surface area contributed by atoms with E-state index in [2.05, 4.69) is 15.0 Å². The van der Waals surface area contributed by atoms with Crippen LogP contribution in [0.15, 0.2) is 28.8 Å². The molecule has 2 heterocycles. The molecule has 2 aliphatic rings. The molecule has 0 radical (unpaired) electrons. The van der Waals surface area contributed by atoms with Gasteiger partial charge in [-0.3, -0.25) is 4.90 Å². The first kappa shape index (κ1) is 13.2. The molecular formula is C15H16ClN3O2. The van der Waals surface area contributed by atoms with Crippen LogP contribution in [-0.2, 0) is 6.54 Å². The van der Waals surface area contributed by atoms with Gasteiger partial charge in [0.1, 0.15) is 0 Å². The highest BCUT2D eigenvalue weighted by Gasteiger charge is 2.51. The molecule has 1 aliphatic heterocycles. The Morgan fingerprint density at radius 3 is 2.67 bits per heavy atom. The van der Waals surface area contributed by atoms with Crippen molar-refractivity contribution in [1.29, 1.82) is 0 Å². The Morgan fingerprint density at radius 2 is 2.00 bits per heavy atom. The zero-order valence-corrected chi connectivity index (χ0v) is 12.3. The fourth-order valence-corrected chi connectivity index (χ4v) is 3.07. The molecule has 4 rings (SSSR count). The second-order valence-corrected chi connectivity index (χ2v) is 6.48. The molecule has 0 atom stereocenters. The van der Waals surface area contributed by atoms with E-state index in [0.29, 0.717) is 42.3 Å². The lowest BCUT2D eigenvalue weighted by Gasteiger charge is -2.46. The topological polar surface area (TPSA) is 62.4 Å². The fraction of sp³-hybridized carbons (Fsp3) is 0.467. The maximum absolute atomic E-state index is 10.3. The molecule has 1 aliphatic carbocycles. The quantitative estimate of drug-likeness (QED) is 0.939. The van der Waals surface area contributed by atoms with Crippen molar-refractivity contribution in [2.24, 2.45) is 5.92 Å². The van der Waals surface area contributed by atoms with E-state index in [0.717, 1.165) is 18.4 Å².